The fourth-order valence-electron chi connectivity index (χ4n) is 3.98. The van der Waals surface area contributed by atoms with Crippen LogP contribution in [0.2, 0.25) is 0 Å². The van der Waals surface area contributed by atoms with Crippen LogP contribution >= 0.6 is 0 Å². The number of rotatable bonds is 7. The number of para-hydroxylation sites is 2. The largest absolute Gasteiger partial charge is 0.495 e. The second-order valence-corrected chi connectivity index (χ2v) is 8.16. The smallest absolute Gasteiger partial charge is 0.255 e. The second-order valence-electron chi connectivity index (χ2n) is 8.16. The molecule has 0 unspecified atom stereocenters. The van der Waals surface area contributed by atoms with Crippen LogP contribution in [0.3, 0.4) is 0 Å². The number of halogens is 1. The number of hydrogen-bond donors (Lipinski definition) is 2. The van der Waals surface area contributed by atoms with Gasteiger partial charge in [-0.25, -0.2) is 9.37 Å². The lowest BCUT2D eigenvalue weighted by molar-refractivity contribution is -0.125. The molecule has 3 aromatic rings. The van der Waals surface area contributed by atoms with Crippen LogP contribution in [0.5, 0.6) is 5.75 Å². The highest BCUT2D eigenvalue weighted by Crippen LogP contribution is 2.25. The molecule has 1 fully saturated rings. The van der Waals surface area contributed by atoms with Gasteiger partial charge in [0.1, 0.15) is 17.4 Å². The maximum atomic E-state index is 13.0. The van der Waals surface area contributed by atoms with Crippen LogP contribution in [0.4, 0.5) is 15.9 Å². The fourth-order valence-corrected chi connectivity index (χ4v) is 3.98. The van der Waals surface area contributed by atoms with Gasteiger partial charge in [-0.15, -0.1) is 0 Å². The number of nitrogens with one attached hydrogen (secondary N) is 2. The van der Waals surface area contributed by atoms with Crippen molar-refractivity contribution in [1.82, 2.24) is 10.3 Å². The van der Waals surface area contributed by atoms with E-state index in [-0.39, 0.29) is 23.5 Å². The van der Waals surface area contributed by atoms with Gasteiger partial charge in [0.05, 0.1) is 12.8 Å². The lowest BCUT2D eigenvalue weighted by Crippen LogP contribution is -2.40. The Bertz CT molecular complexity index is 1140. The van der Waals surface area contributed by atoms with Crippen LogP contribution in [-0.2, 0) is 11.3 Å². The van der Waals surface area contributed by atoms with Crippen LogP contribution in [0.15, 0.2) is 66.9 Å². The Morgan fingerprint density at radius 1 is 1.09 bits per heavy atom. The van der Waals surface area contributed by atoms with Crippen molar-refractivity contribution in [1.29, 1.82) is 0 Å². The third-order valence-corrected chi connectivity index (χ3v) is 5.93. The minimum Gasteiger partial charge on any atom is -0.495 e. The predicted molar refractivity (Wildman–Crippen MR) is 128 cm³/mol. The molecule has 0 radical (unpaired) electrons. The molecule has 2 heterocycles. The lowest BCUT2D eigenvalue weighted by Gasteiger charge is -2.32. The quantitative estimate of drug-likeness (QED) is 0.554. The summed E-state index contributed by atoms with van der Waals surface area (Å²) in [5, 5.41) is 5.82. The third kappa shape index (κ3) is 5.70. The number of ether oxygens (including phenoxy) is 1. The summed E-state index contributed by atoms with van der Waals surface area (Å²) in [6.45, 7) is 1.71. The Morgan fingerprint density at radius 3 is 2.56 bits per heavy atom. The average Bonchev–Trinajstić information content (AvgIpc) is 2.88. The van der Waals surface area contributed by atoms with Crippen LogP contribution in [0.25, 0.3) is 0 Å². The standard InChI is InChI=1S/C26H27FN4O3/c1-34-23-5-3-2-4-22(23)30-26(33)20-10-13-28-24(16-20)31-14-11-19(12-15-31)25(32)29-17-18-6-8-21(27)9-7-18/h2-10,13,16,19H,11-12,14-15,17H2,1H3,(H,29,32)(H,30,33). The molecular weight excluding hydrogens is 435 g/mol. The highest BCUT2D eigenvalue weighted by atomic mass is 19.1. The Kier molecular flexibility index (Phi) is 7.37. The summed E-state index contributed by atoms with van der Waals surface area (Å²) in [5.41, 5.74) is 1.95. The summed E-state index contributed by atoms with van der Waals surface area (Å²) in [5.74, 6) is 0.666. The molecule has 0 aliphatic carbocycles. The summed E-state index contributed by atoms with van der Waals surface area (Å²) in [6, 6.07) is 16.8. The minimum absolute atomic E-state index is 0.00173. The number of carbonyl (C=O) groups is 2. The van der Waals surface area contributed by atoms with Gasteiger partial charge in [-0.2, -0.15) is 0 Å². The van der Waals surface area contributed by atoms with Crippen molar-refractivity contribution in [3.05, 3.63) is 83.8 Å². The molecular formula is C26H27FN4O3. The van der Waals surface area contributed by atoms with Gasteiger partial charge in [0.2, 0.25) is 5.91 Å². The Hall–Kier alpha value is -3.94. The number of methoxy groups -OCH3 is 1. The molecule has 1 aliphatic heterocycles. The number of aromatic nitrogens is 1. The van der Waals surface area contributed by atoms with E-state index in [1.54, 1.807) is 49.7 Å². The summed E-state index contributed by atoms with van der Waals surface area (Å²) < 4.78 is 18.3. The number of benzene rings is 2. The van der Waals surface area contributed by atoms with Gasteiger partial charge < -0.3 is 20.3 Å². The van der Waals surface area contributed by atoms with Crippen molar-refractivity contribution in [2.75, 3.05) is 30.4 Å². The van der Waals surface area contributed by atoms with Crippen molar-refractivity contribution < 1.29 is 18.7 Å². The summed E-state index contributed by atoms with van der Waals surface area (Å²) in [4.78, 5) is 31.9. The first-order chi connectivity index (χ1) is 16.5. The number of pyridine rings is 1. The van der Waals surface area contributed by atoms with Gasteiger partial charge in [-0.05, 0) is 54.8 Å². The SMILES string of the molecule is COc1ccccc1NC(=O)c1ccnc(N2CCC(C(=O)NCc3ccc(F)cc3)CC2)c1. The van der Waals surface area contributed by atoms with Crippen LogP contribution < -0.4 is 20.3 Å². The van der Waals surface area contributed by atoms with Crippen molar-refractivity contribution in [2.45, 2.75) is 19.4 Å². The van der Waals surface area contributed by atoms with E-state index in [1.807, 2.05) is 12.1 Å². The molecule has 2 N–H and O–H groups in total. The van der Waals surface area contributed by atoms with Crippen LogP contribution in [0.1, 0.15) is 28.8 Å². The number of amides is 2. The zero-order chi connectivity index (χ0) is 23.9. The molecule has 0 spiro atoms. The van der Waals surface area contributed by atoms with E-state index >= 15 is 0 Å². The van der Waals surface area contributed by atoms with Gasteiger partial charge in [0.15, 0.2) is 0 Å². The van der Waals surface area contributed by atoms with E-state index in [0.29, 0.717) is 55.3 Å². The number of hydrogen-bond acceptors (Lipinski definition) is 5. The van der Waals surface area contributed by atoms with Crippen molar-refractivity contribution in [3.8, 4) is 5.75 Å². The number of piperidine rings is 1. The van der Waals surface area contributed by atoms with E-state index in [4.69, 9.17) is 4.74 Å². The maximum Gasteiger partial charge on any atom is 0.255 e. The normalized spacial score (nSPS) is 13.9. The van der Waals surface area contributed by atoms with Gasteiger partial charge in [0.25, 0.3) is 5.91 Å². The molecule has 0 saturated carbocycles. The first-order valence-electron chi connectivity index (χ1n) is 11.2. The van der Waals surface area contributed by atoms with Crippen molar-refractivity contribution >= 4 is 23.3 Å². The molecule has 7 nitrogen and oxygen atoms in total. The average molecular weight is 463 g/mol. The predicted octanol–water partition coefficient (Wildman–Crippen LogP) is 4.01. The first-order valence-corrected chi connectivity index (χ1v) is 11.2. The molecule has 8 heteroatoms. The second kappa shape index (κ2) is 10.8. The Labute approximate surface area is 198 Å². The van der Waals surface area contributed by atoms with Crippen molar-refractivity contribution in [3.63, 3.8) is 0 Å². The van der Waals surface area contributed by atoms with Crippen LogP contribution in [-0.4, -0.2) is 37.0 Å². The van der Waals surface area contributed by atoms with E-state index in [0.717, 1.165) is 5.56 Å². The first kappa shape index (κ1) is 23.2. The van der Waals surface area contributed by atoms with E-state index in [1.165, 1.54) is 12.1 Å². The molecule has 1 aromatic heterocycles. The molecule has 0 bridgehead atoms. The zero-order valence-electron chi connectivity index (χ0n) is 19.0. The zero-order valence-corrected chi connectivity index (χ0v) is 19.0. The third-order valence-electron chi connectivity index (χ3n) is 5.93. The number of nitrogens with zero attached hydrogens (tertiary/aromatic N) is 2. The van der Waals surface area contributed by atoms with Gasteiger partial charge >= 0.3 is 0 Å². The Balaban J connectivity index is 1.32. The highest BCUT2D eigenvalue weighted by Gasteiger charge is 2.26. The maximum absolute atomic E-state index is 13.0. The lowest BCUT2D eigenvalue weighted by atomic mass is 9.95. The molecule has 176 valence electrons. The topological polar surface area (TPSA) is 83.6 Å². The van der Waals surface area contributed by atoms with E-state index in [9.17, 15) is 14.0 Å². The number of carbonyl (C=O) groups excluding carboxylic acids is 2. The summed E-state index contributed by atoms with van der Waals surface area (Å²) in [7, 11) is 1.56. The molecule has 0 atom stereocenters. The van der Waals surface area contributed by atoms with Gasteiger partial charge in [0, 0.05) is 37.3 Å². The van der Waals surface area contributed by atoms with Crippen LogP contribution in [0, 0.1) is 11.7 Å². The summed E-state index contributed by atoms with van der Waals surface area (Å²) >= 11 is 0. The van der Waals surface area contributed by atoms with Gasteiger partial charge in [-0.1, -0.05) is 24.3 Å². The van der Waals surface area contributed by atoms with Gasteiger partial charge in [-0.3, -0.25) is 9.59 Å². The molecule has 1 saturated heterocycles. The summed E-state index contributed by atoms with van der Waals surface area (Å²) in [6.07, 6.45) is 3.00. The minimum atomic E-state index is -0.294. The van der Waals surface area contributed by atoms with E-state index in [2.05, 4.69) is 20.5 Å². The van der Waals surface area contributed by atoms with E-state index < -0.39 is 0 Å². The fraction of sp³-hybridized carbons (Fsp3) is 0.269. The highest BCUT2D eigenvalue weighted by molar-refractivity contribution is 6.05. The molecule has 2 amide bonds. The number of anilines is 2. The van der Waals surface area contributed by atoms with Crippen molar-refractivity contribution in [2.24, 2.45) is 5.92 Å². The molecule has 1 aliphatic rings. The monoisotopic (exact) mass is 462 g/mol. The molecule has 34 heavy (non-hydrogen) atoms. The Morgan fingerprint density at radius 2 is 1.82 bits per heavy atom. The molecule has 2 aromatic carbocycles. The molecule has 4 rings (SSSR count).